The Morgan fingerprint density at radius 1 is 0.943 bits per heavy atom. The first-order valence-electron chi connectivity index (χ1n) is 10.7. The van der Waals surface area contributed by atoms with Crippen LogP contribution < -0.4 is 15.8 Å². The minimum Gasteiger partial charge on any atom is -0.459 e. The molecule has 0 aliphatic rings. The first-order chi connectivity index (χ1) is 16.7. The van der Waals surface area contributed by atoms with E-state index in [1.54, 1.807) is 18.2 Å². The number of hydrogen-bond acceptors (Lipinski definition) is 7. The van der Waals surface area contributed by atoms with Gasteiger partial charge in [0.15, 0.2) is 12.4 Å². The van der Waals surface area contributed by atoms with Crippen LogP contribution >= 0.6 is 0 Å². The molecule has 35 heavy (non-hydrogen) atoms. The van der Waals surface area contributed by atoms with Crippen molar-refractivity contribution in [2.24, 2.45) is 5.14 Å². The number of furan rings is 1. The van der Waals surface area contributed by atoms with Crippen molar-refractivity contribution in [2.75, 3.05) is 13.2 Å². The third kappa shape index (κ3) is 8.09. The van der Waals surface area contributed by atoms with Gasteiger partial charge in [-0.1, -0.05) is 42.5 Å². The molecule has 0 saturated heterocycles. The number of esters is 1. The zero-order chi connectivity index (χ0) is 25.3. The summed E-state index contributed by atoms with van der Waals surface area (Å²) in [4.78, 5) is 37.2. The lowest BCUT2D eigenvalue weighted by Gasteiger charge is -2.17. The van der Waals surface area contributed by atoms with Crippen molar-refractivity contribution in [3.05, 3.63) is 89.9 Å². The van der Waals surface area contributed by atoms with E-state index < -0.39 is 40.5 Å². The molecule has 184 valence electrons. The van der Waals surface area contributed by atoms with Crippen molar-refractivity contribution >= 4 is 27.8 Å². The standard InChI is InChI=1S/C24H25N3O7S/c25-35(31,32)19-10-8-17(9-11-19)12-13-26-22(28)16-34-24(30)20(15-18-5-2-1-3-6-18)27-23(29)21-7-4-14-33-21/h1-11,14,20H,12-13,15-16H2,(H,26,28)(H,27,29)(H2,25,31,32)/t20-/m0/s1. The van der Waals surface area contributed by atoms with E-state index in [1.165, 1.54) is 24.5 Å². The molecule has 0 spiro atoms. The third-order valence-corrected chi connectivity index (χ3v) is 5.88. The topological polar surface area (TPSA) is 158 Å². The molecular weight excluding hydrogens is 474 g/mol. The van der Waals surface area contributed by atoms with Crippen LogP contribution in [-0.4, -0.2) is 45.4 Å². The maximum absolute atomic E-state index is 12.7. The summed E-state index contributed by atoms with van der Waals surface area (Å²) in [6.45, 7) is -0.279. The number of ether oxygens (including phenoxy) is 1. The Bertz CT molecular complexity index is 1240. The lowest BCUT2D eigenvalue weighted by molar-refractivity contribution is -0.150. The predicted molar refractivity (Wildman–Crippen MR) is 126 cm³/mol. The molecule has 4 N–H and O–H groups in total. The van der Waals surface area contributed by atoms with E-state index >= 15 is 0 Å². The predicted octanol–water partition coefficient (Wildman–Crippen LogP) is 1.17. The maximum Gasteiger partial charge on any atom is 0.329 e. The quantitative estimate of drug-likeness (QED) is 0.334. The van der Waals surface area contributed by atoms with E-state index in [9.17, 15) is 22.8 Å². The van der Waals surface area contributed by atoms with Crippen LogP contribution in [0.2, 0.25) is 0 Å². The van der Waals surface area contributed by atoms with Crippen LogP contribution in [0.3, 0.4) is 0 Å². The van der Waals surface area contributed by atoms with Crippen LogP contribution in [0, 0.1) is 0 Å². The summed E-state index contributed by atoms with van der Waals surface area (Å²) < 4.78 is 32.8. The van der Waals surface area contributed by atoms with Crippen molar-refractivity contribution in [3.63, 3.8) is 0 Å². The zero-order valence-corrected chi connectivity index (χ0v) is 19.5. The Labute approximate surface area is 202 Å². The van der Waals surface area contributed by atoms with Crippen molar-refractivity contribution in [1.82, 2.24) is 10.6 Å². The molecule has 1 atom stereocenters. The summed E-state index contributed by atoms with van der Waals surface area (Å²) in [5, 5.41) is 10.3. The van der Waals surface area contributed by atoms with E-state index in [4.69, 9.17) is 14.3 Å². The van der Waals surface area contributed by atoms with Gasteiger partial charge in [-0.2, -0.15) is 0 Å². The number of carbonyl (C=O) groups is 3. The molecule has 0 fully saturated rings. The summed E-state index contributed by atoms with van der Waals surface area (Å²) in [5.74, 6) is -1.81. The second-order valence-corrected chi connectivity index (χ2v) is 9.15. The number of primary sulfonamides is 1. The number of rotatable bonds is 11. The molecule has 0 bridgehead atoms. The largest absolute Gasteiger partial charge is 0.459 e. The van der Waals surface area contributed by atoms with E-state index in [-0.39, 0.29) is 23.6 Å². The number of sulfonamides is 1. The second-order valence-electron chi connectivity index (χ2n) is 7.59. The molecule has 1 heterocycles. The monoisotopic (exact) mass is 499 g/mol. The zero-order valence-electron chi connectivity index (χ0n) is 18.7. The Morgan fingerprint density at radius 2 is 1.66 bits per heavy atom. The molecule has 0 aliphatic carbocycles. The van der Waals surface area contributed by atoms with Crippen LogP contribution in [0.25, 0.3) is 0 Å². The highest BCUT2D eigenvalue weighted by Gasteiger charge is 2.25. The van der Waals surface area contributed by atoms with Crippen LogP contribution in [0.1, 0.15) is 21.7 Å². The summed E-state index contributed by atoms with van der Waals surface area (Å²) in [6.07, 6.45) is 1.95. The molecule has 0 aliphatic heterocycles. The molecule has 0 saturated carbocycles. The molecular formula is C24H25N3O7S. The molecule has 0 radical (unpaired) electrons. The van der Waals surface area contributed by atoms with Gasteiger partial charge in [0, 0.05) is 13.0 Å². The first-order valence-corrected chi connectivity index (χ1v) is 12.2. The molecule has 3 aromatic rings. The van der Waals surface area contributed by atoms with Crippen molar-refractivity contribution < 1.29 is 32.0 Å². The highest BCUT2D eigenvalue weighted by atomic mass is 32.2. The van der Waals surface area contributed by atoms with Gasteiger partial charge in [-0.3, -0.25) is 9.59 Å². The average molecular weight is 500 g/mol. The SMILES string of the molecule is NS(=O)(=O)c1ccc(CCNC(=O)COC(=O)[C@H](Cc2ccccc2)NC(=O)c2ccco2)cc1. The molecule has 0 unspecified atom stereocenters. The molecule has 3 rings (SSSR count). The number of nitrogens with one attached hydrogen (secondary N) is 2. The number of carbonyl (C=O) groups excluding carboxylic acids is 3. The van der Waals surface area contributed by atoms with Crippen molar-refractivity contribution in [2.45, 2.75) is 23.8 Å². The normalized spacial score (nSPS) is 11.9. The third-order valence-electron chi connectivity index (χ3n) is 4.95. The first kappa shape index (κ1) is 25.7. The fourth-order valence-electron chi connectivity index (χ4n) is 3.16. The van der Waals surface area contributed by atoms with Gasteiger partial charge in [-0.15, -0.1) is 0 Å². The second kappa shape index (κ2) is 12.0. The van der Waals surface area contributed by atoms with Gasteiger partial charge < -0.3 is 19.8 Å². The fourth-order valence-corrected chi connectivity index (χ4v) is 3.68. The minimum atomic E-state index is -3.77. The van der Waals surface area contributed by atoms with Gasteiger partial charge in [-0.25, -0.2) is 18.4 Å². The average Bonchev–Trinajstić information content (AvgIpc) is 3.38. The van der Waals surface area contributed by atoms with Crippen LogP contribution in [0.5, 0.6) is 0 Å². The van der Waals surface area contributed by atoms with Gasteiger partial charge in [0.25, 0.3) is 11.8 Å². The van der Waals surface area contributed by atoms with E-state index in [2.05, 4.69) is 10.6 Å². The molecule has 10 nitrogen and oxygen atoms in total. The molecule has 2 amide bonds. The van der Waals surface area contributed by atoms with Gasteiger partial charge in [-0.05, 0) is 41.8 Å². The van der Waals surface area contributed by atoms with Crippen LogP contribution in [-0.2, 0) is 37.2 Å². The summed E-state index contributed by atoms with van der Waals surface area (Å²) in [7, 11) is -3.77. The fraction of sp³-hybridized carbons (Fsp3) is 0.208. The summed E-state index contributed by atoms with van der Waals surface area (Å²) >= 11 is 0. The maximum atomic E-state index is 12.7. The highest BCUT2D eigenvalue weighted by molar-refractivity contribution is 7.89. The van der Waals surface area contributed by atoms with E-state index in [0.717, 1.165) is 11.1 Å². The van der Waals surface area contributed by atoms with Gasteiger partial charge in [0.1, 0.15) is 6.04 Å². The number of benzene rings is 2. The van der Waals surface area contributed by atoms with Gasteiger partial charge in [0.05, 0.1) is 11.2 Å². The lowest BCUT2D eigenvalue weighted by atomic mass is 10.1. The Hall–Kier alpha value is -3.96. The molecule has 2 aromatic carbocycles. The lowest BCUT2D eigenvalue weighted by Crippen LogP contribution is -2.44. The summed E-state index contributed by atoms with van der Waals surface area (Å²) in [6, 6.07) is 17.0. The van der Waals surface area contributed by atoms with Gasteiger partial charge >= 0.3 is 5.97 Å². The van der Waals surface area contributed by atoms with E-state index in [1.807, 2.05) is 30.3 Å². The Morgan fingerprint density at radius 3 is 2.29 bits per heavy atom. The summed E-state index contributed by atoms with van der Waals surface area (Å²) in [5.41, 5.74) is 1.59. The Kier molecular flexibility index (Phi) is 8.76. The minimum absolute atomic E-state index is 0.00129. The highest BCUT2D eigenvalue weighted by Crippen LogP contribution is 2.09. The van der Waals surface area contributed by atoms with Gasteiger partial charge in [0.2, 0.25) is 10.0 Å². The van der Waals surface area contributed by atoms with Crippen molar-refractivity contribution in [3.8, 4) is 0 Å². The number of amides is 2. The molecule has 11 heteroatoms. The Balaban J connectivity index is 1.50. The van der Waals surface area contributed by atoms with Crippen LogP contribution in [0.15, 0.2) is 82.3 Å². The van der Waals surface area contributed by atoms with E-state index in [0.29, 0.717) is 6.42 Å². The number of hydrogen-bond donors (Lipinski definition) is 3. The van der Waals surface area contributed by atoms with Crippen LogP contribution in [0.4, 0.5) is 0 Å². The number of nitrogens with two attached hydrogens (primary N) is 1. The molecule has 1 aromatic heterocycles. The smallest absolute Gasteiger partial charge is 0.329 e. The van der Waals surface area contributed by atoms with Crippen molar-refractivity contribution in [1.29, 1.82) is 0 Å².